The van der Waals surface area contributed by atoms with Gasteiger partial charge in [0.1, 0.15) is 5.75 Å². The standard InChI is InChI=1S/C30H42O/c1-28(2,3)27-25(30-15-21-7-22(16-30)9-23(8-21)17-30)10-24(11-26(27)31)29-12-18-4-19(13-29)6-20(5-18)14-29/h10-11,18-23,31H,4-9,12-17H2,1-3H3. The van der Waals surface area contributed by atoms with Crippen molar-refractivity contribution < 1.29 is 5.11 Å². The lowest BCUT2D eigenvalue weighted by Gasteiger charge is -2.59. The van der Waals surface area contributed by atoms with Crippen LogP contribution in [0.3, 0.4) is 0 Å². The zero-order valence-electron chi connectivity index (χ0n) is 20.1. The van der Waals surface area contributed by atoms with Crippen LogP contribution < -0.4 is 0 Å². The minimum absolute atomic E-state index is 0.00273. The molecule has 1 nitrogen and oxygen atoms in total. The molecule has 0 saturated heterocycles. The molecule has 8 aliphatic carbocycles. The molecule has 0 spiro atoms. The monoisotopic (exact) mass is 418 g/mol. The van der Waals surface area contributed by atoms with E-state index in [-0.39, 0.29) is 5.41 Å². The van der Waals surface area contributed by atoms with E-state index in [2.05, 4.69) is 32.9 Å². The zero-order valence-corrected chi connectivity index (χ0v) is 20.1. The number of aromatic hydroxyl groups is 1. The number of hydrogen-bond donors (Lipinski definition) is 1. The summed E-state index contributed by atoms with van der Waals surface area (Å²) < 4.78 is 0. The summed E-state index contributed by atoms with van der Waals surface area (Å²) in [6.07, 6.45) is 17.3. The molecule has 1 heteroatoms. The van der Waals surface area contributed by atoms with Crippen LogP contribution in [0.2, 0.25) is 0 Å². The highest BCUT2D eigenvalue weighted by Gasteiger charge is 2.55. The van der Waals surface area contributed by atoms with E-state index in [1.165, 1.54) is 82.6 Å². The molecule has 1 aromatic carbocycles. The lowest BCUT2D eigenvalue weighted by atomic mass is 9.46. The molecule has 0 aromatic heterocycles. The van der Waals surface area contributed by atoms with Gasteiger partial charge in [0, 0.05) is 5.56 Å². The molecule has 0 radical (unpaired) electrons. The highest BCUT2D eigenvalue weighted by atomic mass is 16.3. The molecule has 8 fully saturated rings. The average molecular weight is 419 g/mol. The van der Waals surface area contributed by atoms with Gasteiger partial charge >= 0.3 is 0 Å². The normalized spacial score (nSPS) is 47.3. The lowest BCUT2D eigenvalue weighted by molar-refractivity contribution is -0.00907. The molecule has 0 heterocycles. The van der Waals surface area contributed by atoms with Crippen LogP contribution in [0.1, 0.15) is 115 Å². The van der Waals surface area contributed by atoms with E-state index in [0.717, 1.165) is 35.5 Å². The maximum Gasteiger partial charge on any atom is 0.119 e. The highest BCUT2D eigenvalue weighted by molar-refractivity contribution is 5.53. The fraction of sp³-hybridized carbons (Fsp3) is 0.800. The van der Waals surface area contributed by atoms with Crippen LogP contribution in [0.25, 0.3) is 0 Å². The Morgan fingerprint density at radius 1 is 0.645 bits per heavy atom. The second-order valence-corrected chi connectivity index (χ2v) is 14.6. The second kappa shape index (κ2) is 6.12. The molecule has 0 amide bonds. The van der Waals surface area contributed by atoms with Gasteiger partial charge in [-0.05, 0) is 146 Å². The van der Waals surface area contributed by atoms with E-state index < -0.39 is 0 Å². The summed E-state index contributed by atoms with van der Waals surface area (Å²) in [5.41, 5.74) is 5.17. The summed E-state index contributed by atoms with van der Waals surface area (Å²) >= 11 is 0. The fourth-order valence-corrected chi connectivity index (χ4v) is 11.0. The Kier molecular flexibility index (Phi) is 3.85. The molecular formula is C30H42O. The topological polar surface area (TPSA) is 20.2 Å². The number of phenols is 1. The van der Waals surface area contributed by atoms with Gasteiger partial charge < -0.3 is 5.11 Å². The Hall–Kier alpha value is -0.980. The van der Waals surface area contributed by atoms with Crippen molar-refractivity contribution in [3.05, 3.63) is 28.8 Å². The molecule has 1 aromatic rings. The van der Waals surface area contributed by atoms with Crippen LogP contribution in [0.15, 0.2) is 12.1 Å². The van der Waals surface area contributed by atoms with Gasteiger partial charge in [-0.2, -0.15) is 0 Å². The number of rotatable bonds is 2. The van der Waals surface area contributed by atoms with Gasteiger partial charge in [-0.3, -0.25) is 0 Å². The van der Waals surface area contributed by atoms with Gasteiger partial charge in [-0.15, -0.1) is 0 Å². The van der Waals surface area contributed by atoms with E-state index in [0.29, 0.717) is 16.6 Å². The van der Waals surface area contributed by atoms with E-state index in [1.54, 1.807) is 11.1 Å². The molecule has 1 N–H and O–H groups in total. The Morgan fingerprint density at radius 2 is 1.03 bits per heavy atom. The van der Waals surface area contributed by atoms with Crippen molar-refractivity contribution in [2.45, 2.75) is 114 Å². The summed E-state index contributed by atoms with van der Waals surface area (Å²) in [6.45, 7) is 6.99. The summed E-state index contributed by atoms with van der Waals surface area (Å²) in [6, 6.07) is 4.97. The minimum atomic E-state index is 0.00273. The van der Waals surface area contributed by atoms with Gasteiger partial charge in [0.15, 0.2) is 0 Å². The van der Waals surface area contributed by atoms with Crippen molar-refractivity contribution in [1.82, 2.24) is 0 Å². The first-order valence-corrected chi connectivity index (χ1v) is 13.6. The van der Waals surface area contributed by atoms with Crippen molar-refractivity contribution in [3.8, 4) is 5.75 Å². The van der Waals surface area contributed by atoms with Crippen molar-refractivity contribution in [1.29, 1.82) is 0 Å². The molecule has 168 valence electrons. The molecule has 0 atom stereocenters. The largest absolute Gasteiger partial charge is 0.508 e. The van der Waals surface area contributed by atoms with Crippen LogP contribution in [0, 0.1) is 35.5 Å². The van der Waals surface area contributed by atoms with Crippen LogP contribution >= 0.6 is 0 Å². The third-order valence-corrected chi connectivity index (χ3v) is 11.1. The molecule has 8 bridgehead atoms. The average Bonchev–Trinajstić information content (AvgIpc) is 2.64. The summed E-state index contributed by atoms with van der Waals surface area (Å²) in [5.74, 6) is 6.35. The first-order valence-electron chi connectivity index (χ1n) is 13.6. The van der Waals surface area contributed by atoms with Crippen LogP contribution in [0.5, 0.6) is 5.75 Å². The summed E-state index contributed by atoms with van der Waals surface area (Å²) in [5, 5.41) is 11.6. The quantitative estimate of drug-likeness (QED) is 0.523. The number of benzene rings is 1. The van der Waals surface area contributed by atoms with Crippen molar-refractivity contribution in [2.24, 2.45) is 35.5 Å². The Labute approximate surface area is 189 Å². The summed E-state index contributed by atoms with van der Waals surface area (Å²) in [4.78, 5) is 0. The molecule has 0 unspecified atom stereocenters. The van der Waals surface area contributed by atoms with Crippen molar-refractivity contribution in [2.75, 3.05) is 0 Å². The smallest absolute Gasteiger partial charge is 0.119 e. The minimum Gasteiger partial charge on any atom is -0.508 e. The molecular weight excluding hydrogens is 376 g/mol. The fourth-order valence-electron chi connectivity index (χ4n) is 11.0. The second-order valence-electron chi connectivity index (χ2n) is 14.6. The predicted molar refractivity (Wildman–Crippen MR) is 127 cm³/mol. The molecule has 31 heavy (non-hydrogen) atoms. The van der Waals surface area contributed by atoms with Gasteiger partial charge in [0.25, 0.3) is 0 Å². The Balaban J connectivity index is 1.39. The third kappa shape index (κ3) is 2.80. The maximum atomic E-state index is 11.6. The van der Waals surface area contributed by atoms with Gasteiger partial charge in [-0.25, -0.2) is 0 Å². The summed E-state index contributed by atoms with van der Waals surface area (Å²) in [7, 11) is 0. The first kappa shape index (κ1) is 19.5. The highest BCUT2D eigenvalue weighted by Crippen LogP contribution is 2.65. The third-order valence-electron chi connectivity index (χ3n) is 11.1. The van der Waals surface area contributed by atoms with Crippen molar-refractivity contribution >= 4 is 0 Å². The molecule has 8 saturated carbocycles. The molecule has 9 rings (SSSR count). The van der Waals surface area contributed by atoms with E-state index in [9.17, 15) is 5.11 Å². The zero-order chi connectivity index (χ0) is 21.2. The van der Waals surface area contributed by atoms with Gasteiger partial charge in [-0.1, -0.05) is 26.8 Å². The van der Waals surface area contributed by atoms with E-state index >= 15 is 0 Å². The van der Waals surface area contributed by atoms with Gasteiger partial charge in [0.2, 0.25) is 0 Å². The molecule has 0 aliphatic heterocycles. The van der Waals surface area contributed by atoms with Crippen molar-refractivity contribution in [3.63, 3.8) is 0 Å². The van der Waals surface area contributed by atoms with Gasteiger partial charge in [0.05, 0.1) is 0 Å². The Bertz CT molecular complexity index is 845. The molecule has 8 aliphatic rings. The predicted octanol–water partition coefficient (Wildman–Crippen LogP) is 7.63. The number of phenolic OH excluding ortho intramolecular Hbond substituents is 1. The maximum absolute atomic E-state index is 11.6. The SMILES string of the molecule is CC(C)(C)c1c(O)cc(C23CC4CC(CC(C4)C2)C3)cc1C12CC3CC(CC(C3)C1)C2. The first-order chi connectivity index (χ1) is 14.7. The number of hydrogen-bond acceptors (Lipinski definition) is 1. The van der Waals surface area contributed by atoms with E-state index in [1.807, 2.05) is 0 Å². The van der Waals surface area contributed by atoms with E-state index in [4.69, 9.17) is 0 Å². The lowest BCUT2D eigenvalue weighted by Crippen LogP contribution is -2.50. The Morgan fingerprint density at radius 3 is 1.42 bits per heavy atom. The van der Waals surface area contributed by atoms with Crippen LogP contribution in [-0.4, -0.2) is 5.11 Å². The van der Waals surface area contributed by atoms with Crippen LogP contribution in [-0.2, 0) is 16.2 Å². The van der Waals surface area contributed by atoms with Crippen LogP contribution in [0.4, 0.5) is 0 Å².